The zero-order valence-electron chi connectivity index (χ0n) is 12.1. The molecule has 1 heterocycles. The lowest BCUT2D eigenvalue weighted by molar-refractivity contribution is -0.124. The highest BCUT2D eigenvalue weighted by molar-refractivity contribution is 5.90. The molecule has 1 atom stereocenters. The summed E-state index contributed by atoms with van der Waals surface area (Å²) in [4.78, 5) is 23.6. The van der Waals surface area contributed by atoms with Crippen molar-refractivity contribution in [1.29, 1.82) is 0 Å². The summed E-state index contributed by atoms with van der Waals surface area (Å²) in [5, 5.41) is 2.79. The van der Waals surface area contributed by atoms with Crippen LogP contribution in [0.5, 0.6) is 0 Å². The van der Waals surface area contributed by atoms with Crippen LogP contribution in [0.2, 0.25) is 0 Å². The van der Waals surface area contributed by atoms with Crippen LogP contribution in [-0.2, 0) is 16.6 Å². The molecule has 21 heavy (non-hydrogen) atoms. The first-order valence-corrected chi connectivity index (χ1v) is 6.70. The van der Waals surface area contributed by atoms with Crippen LogP contribution in [0, 0.1) is 0 Å². The maximum absolute atomic E-state index is 11.8. The Morgan fingerprint density at radius 3 is 2.52 bits per heavy atom. The maximum Gasteiger partial charge on any atom is 0.355 e. The quantitative estimate of drug-likeness (QED) is 0.856. The molecule has 0 aliphatic carbocycles. The molecular weight excluding hydrogens is 268 g/mol. The third-order valence-corrected chi connectivity index (χ3v) is 3.16. The summed E-state index contributed by atoms with van der Waals surface area (Å²) in [6.07, 6.45) is 1.74. The van der Waals surface area contributed by atoms with E-state index in [0.717, 1.165) is 5.56 Å². The summed E-state index contributed by atoms with van der Waals surface area (Å²) in [5.41, 5.74) is 1.42. The summed E-state index contributed by atoms with van der Waals surface area (Å²) >= 11 is 0. The fraction of sp³-hybridized carbons (Fsp3) is 0.250. The van der Waals surface area contributed by atoms with Crippen LogP contribution in [0.4, 0.5) is 0 Å². The normalized spacial score (nSPS) is 11.7. The van der Waals surface area contributed by atoms with Crippen molar-refractivity contribution in [2.45, 2.75) is 13.0 Å². The zero-order chi connectivity index (χ0) is 15.2. The molecule has 0 bridgehead atoms. The van der Waals surface area contributed by atoms with Crippen molar-refractivity contribution in [2.24, 2.45) is 7.05 Å². The molecule has 5 heteroatoms. The first kappa shape index (κ1) is 14.8. The molecule has 0 radical (unpaired) electrons. The number of hydrogen-bond donors (Lipinski definition) is 1. The van der Waals surface area contributed by atoms with Gasteiger partial charge in [0.05, 0.1) is 6.04 Å². The van der Waals surface area contributed by atoms with Gasteiger partial charge < -0.3 is 14.6 Å². The fourth-order valence-electron chi connectivity index (χ4n) is 1.99. The van der Waals surface area contributed by atoms with Crippen molar-refractivity contribution in [3.05, 3.63) is 59.9 Å². The number of aromatic nitrogens is 1. The van der Waals surface area contributed by atoms with Crippen molar-refractivity contribution >= 4 is 11.9 Å². The maximum atomic E-state index is 11.8. The summed E-state index contributed by atoms with van der Waals surface area (Å²) in [6.45, 7) is 1.59. The van der Waals surface area contributed by atoms with Gasteiger partial charge in [-0.3, -0.25) is 4.79 Å². The highest BCUT2D eigenvalue weighted by Crippen LogP contribution is 2.10. The number of carbonyl (C=O) groups is 2. The Kier molecular flexibility index (Phi) is 4.77. The highest BCUT2D eigenvalue weighted by atomic mass is 16.5. The molecule has 0 spiro atoms. The molecule has 1 amide bonds. The van der Waals surface area contributed by atoms with Gasteiger partial charge in [-0.15, -0.1) is 0 Å². The van der Waals surface area contributed by atoms with E-state index in [2.05, 4.69) is 5.32 Å². The Balaban J connectivity index is 1.83. The fourth-order valence-corrected chi connectivity index (χ4v) is 1.99. The number of nitrogens with zero attached hydrogens (tertiary/aromatic N) is 1. The molecule has 0 aliphatic heterocycles. The van der Waals surface area contributed by atoms with Crippen molar-refractivity contribution in [3.63, 3.8) is 0 Å². The van der Waals surface area contributed by atoms with Gasteiger partial charge in [0, 0.05) is 13.2 Å². The van der Waals surface area contributed by atoms with E-state index in [0.29, 0.717) is 5.69 Å². The molecule has 1 aromatic heterocycles. The van der Waals surface area contributed by atoms with Gasteiger partial charge >= 0.3 is 5.97 Å². The number of amides is 1. The Hall–Kier alpha value is -2.56. The minimum atomic E-state index is -0.509. The Morgan fingerprint density at radius 1 is 1.19 bits per heavy atom. The second-order valence-electron chi connectivity index (χ2n) is 4.78. The van der Waals surface area contributed by atoms with Crippen LogP contribution in [0.25, 0.3) is 0 Å². The summed E-state index contributed by atoms with van der Waals surface area (Å²) < 4.78 is 6.64. The second kappa shape index (κ2) is 6.74. The average Bonchev–Trinajstić information content (AvgIpc) is 2.92. The van der Waals surface area contributed by atoms with Gasteiger partial charge in [0.25, 0.3) is 5.91 Å². The van der Waals surface area contributed by atoms with Gasteiger partial charge in [0.1, 0.15) is 5.69 Å². The molecular formula is C16H18N2O3. The number of carbonyl (C=O) groups excluding carboxylic acids is 2. The topological polar surface area (TPSA) is 60.3 Å². The SMILES string of the molecule is C[C@H](NC(=O)COC(=O)c1cccn1C)c1ccccc1. The number of hydrogen-bond acceptors (Lipinski definition) is 3. The van der Waals surface area contributed by atoms with Crippen LogP contribution >= 0.6 is 0 Å². The molecule has 0 saturated carbocycles. The van der Waals surface area contributed by atoms with E-state index in [1.165, 1.54) is 0 Å². The Bertz CT molecular complexity index is 619. The van der Waals surface area contributed by atoms with Crippen LogP contribution in [-0.4, -0.2) is 23.1 Å². The summed E-state index contributed by atoms with van der Waals surface area (Å²) in [5.74, 6) is -0.834. The third-order valence-electron chi connectivity index (χ3n) is 3.16. The number of aryl methyl sites for hydroxylation is 1. The van der Waals surface area contributed by atoms with Gasteiger partial charge in [-0.1, -0.05) is 30.3 Å². The summed E-state index contributed by atoms with van der Waals surface area (Å²) in [6, 6.07) is 12.9. The molecule has 0 unspecified atom stereocenters. The smallest absolute Gasteiger partial charge is 0.355 e. The van der Waals surface area contributed by atoms with E-state index in [1.54, 1.807) is 29.9 Å². The largest absolute Gasteiger partial charge is 0.451 e. The van der Waals surface area contributed by atoms with Crippen molar-refractivity contribution in [3.8, 4) is 0 Å². The van der Waals surface area contributed by atoms with Gasteiger partial charge in [0.15, 0.2) is 6.61 Å². The molecule has 0 aliphatic rings. The van der Waals surface area contributed by atoms with E-state index < -0.39 is 5.97 Å². The predicted molar refractivity (Wildman–Crippen MR) is 78.7 cm³/mol. The second-order valence-corrected chi connectivity index (χ2v) is 4.78. The average molecular weight is 286 g/mol. The lowest BCUT2D eigenvalue weighted by Gasteiger charge is -2.14. The monoisotopic (exact) mass is 286 g/mol. The predicted octanol–water partition coefficient (Wildman–Crippen LogP) is 2.06. The molecule has 2 aromatic rings. The molecule has 0 fully saturated rings. The van der Waals surface area contributed by atoms with E-state index in [-0.39, 0.29) is 18.6 Å². The van der Waals surface area contributed by atoms with E-state index >= 15 is 0 Å². The van der Waals surface area contributed by atoms with Crippen LogP contribution in [0.3, 0.4) is 0 Å². The van der Waals surface area contributed by atoms with Crippen LogP contribution in [0.15, 0.2) is 48.7 Å². The van der Waals surface area contributed by atoms with Gasteiger partial charge in [-0.05, 0) is 24.6 Å². The van der Waals surface area contributed by atoms with Gasteiger partial charge in [-0.25, -0.2) is 4.79 Å². The first-order chi connectivity index (χ1) is 10.1. The Labute approximate surface area is 123 Å². The van der Waals surface area contributed by atoms with E-state index in [9.17, 15) is 9.59 Å². The van der Waals surface area contributed by atoms with Crippen LogP contribution < -0.4 is 5.32 Å². The van der Waals surface area contributed by atoms with E-state index in [1.807, 2.05) is 37.3 Å². The number of ether oxygens (including phenoxy) is 1. The minimum Gasteiger partial charge on any atom is -0.451 e. The first-order valence-electron chi connectivity index (χ1n) is 6.70. The summed E-state index contributed by atoms with van der Waals surface area (Å²) in [7, 11) is 1.74. The van der Waals surface area contributed by atoms with Crippen molar-refractivity contribution in [1.82, 2.24) is 9.88 Å². The standard InChI is InChI=1S/C16H18N2O3/c1-12(13-7-4-3-5-8-13)17-15(19)11-21-16(20)14-9-6-10-18(14)2/h3-10,12H,11H2,1-2H3,(H,17,19)/t12-/m0/s1. The lowest BCUT2D eigenvalue weighted by Crippen LogP contribution is -2.31. The molecule has 1 N–H and O–H groups in total. The minimum absolute atomic E-state index is 0.132. The third kappa shape index (κ3) is 3.95. The molecule has 1 aromatic carbocycles. The Morgan fingerprint density at radius 2 is 1.90 bits per heavy atom. The van der Waals surface area contributed by atoms with Gasteiger partial charge in [-0.2, -0.15) is 0 Å². The number of esters is 1. The number of rotatable bonds is 5. The van der Waals surface area contributed by atoms with E-state index in [4.69, 9.17) is 4.74 Å². The number of benzene rings is 1. The molecule has 2 rings (SSSR count). The van der Waals surface area contributed by atoms with Crippen LogP contribution in [0.1, 0.15) is 29.0 Å². The molecule has 0 saturated heterocycles. The zero-order valence-corrected chi connectivity index (χ0v) is 12.1. The highest BCUT2D eigenvalue weighted by Gasteiger charge is 2.14. The molecule has 110 valence electrons. The van der Waals surface area contributed by atoms with Crippen molar-refractivity contribution in [2.75, 3.05) is 6.61 Å². The van der Waals surface area contributed by atoms with Gasteiger partial charge in [0.2, 0.25) is 0 Å². The molecule has 5 nitrogen and oxygen atoms in total. The lowest BCUT2D eigenvalue weighted by atomic mass is 10.1. The van der Waals surface area contributed by atoms with Crippen molar-refractivity contribution < 1.29 is 14.3 Å². The number of nitrogens with one attached hydrogen (secondary N) is 1.